The van der Waals surface area contributed by atoms with E-state index in [4.69, 9.17) is 0 Å². The van der Waals surface area contributed by atoms with E-state index in [1.54, 1.807) is 5.56 Å². The number of benzene rings is 4. The Bertz CT molecular complexity index is 1830. The van der Waals surface area contributed by atoms with Crippen molar-refractivity contribution >= 4 is 32.7 Å². The SMILES string of the molecule is CC(C)c1cccc(-n2c3c(c4c5c6ccccc6n(-c6cccc(C(C)C)c6)c5ccc42)CCCC3)c1. The zero-order valence-corrected chi connectivity index (χ0v) is 23.0. The molecule has 0 fully saturated rings. The van der Waals surface area contributed by atoms with E-state index in [2.05, 4.69) is 122 Å². The van der Waals surface area contributed by atoms with Crippen molar-refractivity contribution < 1.29 is 0 Å². The Morgan fingerprint density at radius 2 is 1.16 bits per heavy atom. The zero-order chi connectivity index (χ0) is 26.0. The van der Waals surface area contributed by atoms with Crippen LogP contribution in [0.4, 0.5) is 0 Å². The van der Waals surface area contributed by atoms with E-state index in [1.807, 2.05) is 0 Å². The molecule has 4 aromatic carbocycles. The summed E-state index contributed by atoms with van der Waals surface area (Å²) in [4.78, 5) is 0. The average molecular weight is 497 g/mol. The summed E-state index contributed by atoms with van der Waals surface area (Å²) in [7, 11) is 0. The first-order valence-corrected chi connectivity index (χ1v) is 14.3. The average Bonchev–Trinajstić information content (AvgIpc) is 3.46. The molecule has 1 aliphatic carbocycles. The van der Waals surface area contributed by atoms with Gasteiger partial charge in [-0.1, -0.05) is 70.2 Å². The van der Waals surface area contributed by atoms with E-state index in [1.165, 1.54) is 73.7 Å². The largest absolute Gasteiger partial charge is 0.313 e. The highest BCUT2D eigenvalue weighted by molar-refractivity contribution is 6.22. The lowest BCUT2D eigenvalue weighted by atomic mass is 9.93. The molecule has 2 nitrogen and oxygen atoms in total. The molecular formula is C36H36N2. The fraction of sp³-hybridized carbons (Fsp3) is 0.278. The second kappa shape index (κ2) is 8.91. The summed E-state index contributed by atoms with van der Waals surface area (Å²) in [6.45, 7) is 9.12. The molecular weight excluding hydrogens is 460 g/mol. The molecule has 0 N–H and O–H groups in total. The van der Waals surface area contributed by atoms with Crippen LogP contribution in [0.15, 0.2) is 84.9 Å². The van der Waals surface area contributed by atoms with Crippen LogP contribution in [0, 0.1) is 0 Å². The molecule has 0 spiro atoms. The summed E-state index contributed by atoms with van der Waals surface area (Å²) in [6.07, 6.45) is 4.83. The van der Waals surface area contributed by atoms with Crippen LogP contribution < -0.4 is 0 Å². The van der Waals surface area contributed by atoms with Crippen LogP contribution in [0.5, 0.6) is 0 Å². The molecule has 190 valence electrons. The first kappa shape index (κ1) is 23.3. The molecule has 6 aromatic rings. The highest BCUT2D eigenvalue weighted by atomic mass is 15.0. The predicted molar refractivity (Wildman–Crippen MR) is 162 cm³/mol. The zero-order valence-electron chi connectivity index (χ0n) is 23.0. The van der Waals surface area contributed by atoms with Gasteiger partial charge in [0, 0.05) is 33.2 Å². The van der Waals surface area contributed by atoms with Crippen LogP contribution in [0.2, 0.25) is 0 Å². The number of rotatable bonds is 4. The highest BCUT2D eigenvalue weighted by Gasteiger charge is 2.25. The van der Waals surface area contributed by atoms with Crippen LogP contribution in [-0.2, 0) is 12.8 Å². The Kier molecular flexibility index (Phi) is 5.47. The number of hydrogen-bond acceptors (Lipinski definition) is 0. The molecule has 0 atom stereocenters. The number of aryl methyl sites for hydroxylation is 1. The summed E-state index contributed by atoms with van der Waals surface area (Å²) in [5, 5.41) is 4.22. The van der Waals surface area contributed by atoms with Gasteiger partial charge < -0.3 is 9.13 Å². The van der Waals surface area contributed by atoms with Crippen molar-refractivity contribution in [3.63, 3.8) is 0 Å². The topological polar surface area (TPSA) is 9.86 Å². The van der Waals surface area contributed by atoms with Crippen molar-refractivity contribution in [3.8, 4) is 11.4 Å². The minimum atomic E-state index is 0.498. The molecule has 2 heteroatoms. The number of aromatic nitrogens is 2. The van der Waals surface area contributed by atoms with E-state index in [-0.39, 0.29) is 0 Å². The molecule has 1 aliphatic rings. The summed E-state index contributed by atoms with van der Waals surface area (Å²) in [5.74, 6) is 1.01. The Labute approximate surface area is 225 Å². The van der Waals surface area contributed by atoms with Crippen molar-refractivity contribution in [3.05, 3.63) is 107 Å². The van der Waals surface area contributed by atoms with Gasteiger partial charge in [0.25, 0.3) is 0 Å². The van der Waals surface area contributed by atoms with Gasteiger partial charge in [-0.05, 0) is 96.7 Å². The lowest BCUT2D eigenvalue weighted by molar-refractivity contribution is 0.666. The van der Waals surface area contributed by atoms with Gasteiger partial charge in [0.05, 0.1) is 16.6 Å². The number of nitrogens with zero attached hydrogens (tertiary/aromatic N) is 2. The molecule has 7 rings (SSSR count). The lowest BCUT2D eigenvalue weighted by Gasteiger charge is -2.17. The van der Waals surface area contributed by atoms with E-state index in [0.29, 0.717) is 11.8 Å². The third-order valence-corrected chi connectivity index (χ3v) is 8.66. The number of fused-ring (bicyclic) bond motifs is 7. The maximum Gasteiger partial charge on any atom is 0.0548 e. The van der Waals surface area contributed by atoms with E-state index in [0.717, 1.165) is 12.8 Å². The molecule has 38 heavy (non-hydrogen) atoms. The van der Waals surface area contributed by atoms with Crippen molar-refractivity contribution in [2.75, 3.05) is 0 Å². The van der Waals surface area contributed by atoms with Gasteiger partial charge in [-0.3, -0.25) is 0 Å². The number of hydrogen-bond donors (Lipinski definition) is 0. The molecule has 0 saturated carbocycles. The first-order chi connectivity index (χ1) is 18.5. The first-order valence-electron chi connectivity index (χ1n) is 14.3. The Morgan fingerprint density at radius 1 is 0.553 bits per heavy atom. The Hall–Kier alpha value is -3.78. The molecule has 0 unspecified atom stereocenters. The summed E-state index contributed by atoms with van der Waals surface area (Å²) in [6, 6.07) is 32.1. The smallest absolute Gasteiger partial charge is 0.0548 e. The van der Waals surface area contributed by atoms with Crippen molar-refractivity contribution in [2.24, 2.45) is 0 Å². The van der Waals surface area contributed by atoms with Crippen molar-refractivity contribution in [1.82, 2.24) is 9.13 Å². The third-order valence-electron chi connectivity index (χ3n) is 8.66. The summed E-state index contributed by atoms with van der Waals surface area (Å²) >= 11 is 0. The number of para-hydroxylation sites is 1. The van der Waals surface area contributed by atoms with Gasteiger partial charge in [-0.25, -0.2) is 0 Å². The van der Waals surface area contributed by atoms with Gasteiger partial charge in [0.2, 0.25) is 0 Å². The third kappa shape index (κ3) is 3.46. The quantitative estimate of drug-likeness (QED) is 0.230. The maximum absolute atomic E-state index is 2.58. The fourth-order valence-electron chi connectivity index (χ4n) is 6.71. The minimum absolute atomic E-state index is 0.498. The van der Waals surface area contributed by atoms with Crippen molar-refractivity contribution in [2.45, 2.75) is 65.2 Å². The molecule has 2 heterocycles. The van der Waals surface area contributed by atoms with Crippen LogP contribution in [0.3, 0.4) is 0 Å². The summed E-state index contributed by atoms with van der Waals surface area (Å²) in [5.41, 5.74) is 12.3. The molecule has 0 amide bonds. The molecule has 0 aliphatic heterocycles. The minimum Gasteiger partial charge on any atom is -0.313 e. The standard InChI is InChI=1S/C36H36N2/c1-23(2)25-11-9-13-27(21-25)37-31-17-7-5-15-29(31)35-33(37)19-20-34-36(35)30-16-6-8-18-32(30)38(34)28-14-10-12-26(22-28)24(3)4/h5,7,9-15,17,19-24H,6,8,16,18H2,1-4H3. The molecule has 0 saturated heterocycles. The normalized spacial score (nSPS) is 13.8. The van der Waals surface area contributed by atoms with Crippen LogP contribution in [0.1, 0.15) is 74.8 Å². The van der Waals surface area contributed by atoms with Crippen LogP contribution in [-0.4, -0.2) is 9.13 Å². The van der Waals surface area contributed by atoms with E-state index < -0.39 is 0 Å². The Morgan fingerprint density at radius 3 is 1.84 bits per heavy atom. The molecule has 2 aromatic heterocycles. The maximum atomic E-state index is 2.58. The second-order valence-electron chi connectivity index (χ2n) is 11.7. The molecule has 0 radical (unpaired) electrons. The van der Waals surface area contributed by atoms with Gasteiger partial charge >= 0.3 is 0 Å². The fourth-order valence-corrected chi connectivity index (χ4v) is 6.71. The Balaban J connectivity index is 1.60. The lowest BCUT2D eigenvalue weighted by Crippen LogP contribution is -2.07. The van der Waals surface area contributed by atoms with Gasteiger partial charge in [-0.2, -0.15) is 0 Å². The van der Waals surface area contributed by atoms with Gasteiger partial charge in [-0.15, -0.1) is 0 Å². The predicted octanol–water partition coefficient (Wildman–Crippen LogP) is 9.85. The van der Waals surface area contributed by atoms with Gasteiger partial charge in [0.1, 0.15) is 0 Å². The van der Waals surface area contributed by atoms with Crippen molar-refractivity contribution in [1.29, 1.82) is 0 Å². The van der Waals surface area contributed by atoms with E-state index in [9.17, 15) is 0 Å². The monoisotopic (exact) mass is 496 g/mol. The highest BCUT2D eigenvalue weighted by Crippen LogP contribution is 2.43. The second-order valence-corrected chi connectivity index (χ2v) is 11.7. The van der Waals surface area contributed by atoms with Crippen LogP contribution >= 0.6 is 0 Å². The van der Waals surface area contributed by atoms with Crippen LogP contribution in [0.25, 0.3) is 44.1 Å². The van der Waals surface area contributed by atoms with Gasteiger partial charge in [0.15, 0.2) is 0 Å². The molecule has 0 bridgehead atoms. The van der Waals surface area contributed by atoms with E-state index >= 15 is 0 Å². The summed E-state index contributed by atoms with van der Waals surface area (Å²) < 4.78 is 5.07.